The minimum absolute atomic E-state index is 0.0491. The summed E-state index contributed by atoms with van der Waals surface area (Å²) < 4.78 is 16.9. The monoisotopic (exact) mass is 415 g/mol. The second-order valence-electron chi connectivity index (χ2n) is 9.85. The number of carbonyl (C=O) groups is 1. The minimum atomic E-state index is -1.80. The average Bonchev–Trinajstić information content (AvgIpc) is 3.48. The normalized spacial score (nSPS) is 41.1. The van der Waals surface area contributed by atoms with Crippen molar-refractivity contribution in [3.05, 3.63) is 23.3 Å². The fourth-order valence-electron chi connectivity index (χ4n) is 7.03. The van der Waals surface area contributed by atoms with E-state index >= 15 is 0 Å². The number of esters is 1. The average molecular weight is 415 g/mol. The standard InChI is InChI=1S/C23H29NO6/c1-28-15-6-5-14-11-16-23(27)8-7-22(26,20(25)29-2)19-21(23,17(14)18(15)30-19)9-10-24(16)12-13-3-4-13/h5-6,13,16,19,26-27H,3-4,7-12H2,1-2H3/t16-,19-,21+,22+,23-/m1/s1. The Morgan fingerprint density at radius 2 is 2.03 bits per heavy atom. The molecule has 0 amide bonds. The predicted molar refractivity (Wildman–Crippen MR) is 107 cm³/mol. The number of carbonyl (C=O) groups excluding carboxylic acids is 1. The second kappa shape index (κ2) is 5.90. The Morgan fingerprint density at radius 1 is 1.23 bits per heavy atom. The summed E-state index contributed by atoms with van der Waals surface area (Å²) in [6.07, 6.45) is 3.44. The van der Waals surface area contributed by atoms with E-state index in [0.717, 1.165) is 36.6 Å². The third kappa shape index (κ3) is 2.04. The topological polar surface area (TPSA) is 88.5 Å². The molecule has 1 spiro atoms. The van der Waals surface area contributed by atoms with Crippen molar-refractivity contribution in [1.29, 1.82) is 0 Å². The van der Waals surface area contributed by atoms with E-state index in [1.807, 2.05) is 6.07 Å². The van der Waals surface area contributed by atoms with Gasteiger partial charge in [0.15, 0.2) is 23.2 Å². The van der Waals surface area contributed by atoms with Gasteiger partial charge in [-0.2, -0.15) is 0 Å². The van der Waals surface area contributed by atoms with Gasteiger partial charge >= 0.3 is 5.97 Å². The Labute approximate surface area is 175 Å². The lowest BCUT2D eigenvalue weighted by Crippen LogP contribution is -2.80. The van der Waals surface area contributed by atoms with Crippen LogP contribution in [0, 0.1) is 5.92 Å². The quantitative estimate of drug-likeness (QED) is 0.714. The molecule has 3 fully saturated rings. The molecule has 7 heteroatoms. The van der Waals surface area contributed by atoms with E-state index in [1.165, 1.54) is 20.0 Å². The zero-order chi connectivity index (χ0) is 20.9. The number of hydrogen-bond donors (Lipinski definition) is 2. The molecule has 5 atom stereocenters. The highest BCUT2D eigenvalue weighted by atomic mass is 16.6. The maximum atomic E-state index is 12.8. The molecule has 1 aromatic rings. The van der Waals surface area contributed by atoms with Crippen LogP contribution in [0.25, 0.3) is 0 Å². The molecule has 1 saturated heterocycles. The van der Waals surface area contributed by atoms with Crippen LogP contribution >= 0.6 is 0 Å². The first-order valence-corrected chi connectivity index (χ1v) is 11.0. The van der Waals surface area contributed by atoms with Gasteiger partial charge in [-0.3, -0.25) is 4.90 Å². The maximum absolute atomic E-state index is 12.8. The molecule has 0 unspecified atom stereocenters. The van der Waals surface area contributed by atoms with Crippen LogP contribution in [-0.4, -0.2) is 71.7 Å². The number of likely N-dealkylation sites (tertiary alicyclic amines) is 1. The number of rotatable bonds is 4. The molecule has 2 bridgehead atoms. The molecule has 0 radical (unpaired) electrons. The Morgan fingerprint density at radius 3 is 2.73 bits per heavy atom. The van der Waals surface area contributed by atoms with Crippen molar-refractivity contribution in [3.63, 3.8) is 0 Å². The highest BCUT2D eigenvalue weighted by Gasteiger charge is 2.77. The third-order valence-electron chi connectivity index (χ3n) is 8.58. The molecule has 30 heavy (non-hydrogen) atoms. The largest absolute Gasteiger partial charge is 0.493 e. The number of piperidine rings is 1. The van der Waals surface area contributed by atoms with E-state index in [0.29, 0.717) is 24.3 Å². The van der Waals surface area contributed by atoms with Crippen LogP contribution in [0.2, 0.25) is 0 Å². The molecule has 2 heterocycles. The molecular formula is C23H29NO6. The Balaban J connectivity index is 1.57. The number of aliphatic hydroxyl groups is 2. The maximum Gasteiger partial charge on any atom is 0.341 e. The highest BCUT2D eigenvalue weighted by Crippen LogP contribution is 2.67. The Hall–Kier alpha value is -1.83. The third-order valence-corrected chi connectivity index (χ3v) is 8.58. The summed E-state index contributed by atoms with van der Waals surface area (Å²) in [4.78, 5) is 15.2. The molecule has 0 aromatic heterocycles. The summed E-state index contributed by atoms with van der Waals surface area (Å²) in [6, 6.07) is 3.90. The van der Waals surface area contributed by atoms with Crippen molar-refractivity contribution in [2.24, 2.45) is 5.92 Å². The smallest absolute Gasteiger partial charge is 0.341 e. The lowest BCUT2D eigenvalue weighted by atomic mass is 9.46. The van der Waals surface area contributed by atoms with Crippen LogP contribution in [0.5, 0.6) is 11.5 Å². The van der Waals surface area contributed by atoms with Crippen molar-refractivity contribution in [2.45, 2.75) is 67.3 Å². The summed E-state index contributed by atoms with van der Waals surface area (Å²) in [6.45, 7) is 1.82. The van der Waals surface area contributed by atoms with Crippen LogP contribution < -0.4 is 9.47 Å². The van der Waals surface area contributed by atoms with Gasteiger partial charge in [-0.05, 0) is 62.6 Å². The van der Waals surface area contributed by atoms with Crippen molar-refractivity contribution in [3.8, 4) is 11.5 Å². The van der Waals surface area contributed by atoms with Crippen LogP contribution in [0.3, 0.4) is 0 Å². The summed E-state index contributed by atoms with van der Waals surface area (Å²) >= 11 is 0. The van der Waals surface area contributed by atoms with E-state index in [2.05, 4.69) is 11.0 Å². The Kier molecular flexibility index (Phi) is 3.72. The van der Waals surface area contributed by atoms with Gasteiger partial charge in [0, 0.05) is 18.2 Å². The van der Waals surface area contributed by atoms with Crippen molar-refractivity contribution in [2.75, 3.05) is 27.3 Å². The van der Waals surface area contributed by atoms with E-state index in [9.17, 15) is 15.0 Å². The van der Waals surface area contributed by atoms with Crippen molar-refractivity contribution >= 4 is 5.97 Å². The molecule has 6 rings (SSSR count). The minimum Gasteiger partial charge on any atom is -0.493 e. The van der Waals surface area contributed by atoms with Crippen molar-refractivity contribution < 1.29 is 29.2 Å². The lowest BCUT2D eigenvalue weighted by molar-refractivity contribution is -0.239. The second-order valence-corrected chi connectivity index (χ2v) is 9.85. The number of methoxy groups -OCH3 is 2. The van der Waals surface area contributed by atoms with Gasteiger partial charge in [0.05, 0.1) is 25.2 Å². The van der Waals surface area contributed by atoms with Gasteiger partial charge in [-0.15, -0.1) is 0 Å². The Bertz CT molecular complexity index is 931. The molecule has 1 aromatic carbocycles. The van der Waals surface area contributed by atoms with Gasteiger partial charge in [-0.25, -0.2) is 4.79 Å². The summed E-state index contributed by atoms with van der Waals surface area (Å²) in [5.74, 6) is 1.17. The number of ether oxygens (including phenoxy) is 3. The fourth-order valence-corrected chi connectivity index (χ4v) is 7.03. The van der Waals surface area contributed by atoms with Gasteiger partial charge in [0.1, 0.15) is 0 Å². The predicted octanol–water partition coefficient (Wildman–Crippen LogP) is 1.16. The van der Waals surface area contributed by atoms with Gasteiger partial charge in [0.2, 0.25) is 0 Å². The van der Waals surface area contributed by atoms with E-state index in [-0.39, 0.29) is 12.5 Å². The SMILES string of the molecule is COC(=O)[C@]1(O)CC[C@@]2(O)[C@H]3Cc4ccc(OC)c5c4[C@@]2(CCN3CC2CC2)[C@H]1O5. The molecule has 2 aliphatic heterocycles. The fraction of sp³-hybridized carbons (Fsp3) is 0.696. The summed E-state index contributed by atoms with van der Waals surface area (Å²) in [7, 11) is 2.87. The zero-order valence-corrected chi connectivity index (χ0v) is 17.5. The van der Waals surface area contributed by atoms with Crippen LogP contribution in [0.1, 0.15) is 43.2 Å². The number of nitrogens with zero attached hydrogens (tertiary/aromatic N) is 1. The summed E-state index contributed by atoms with van der Waals surface area (Å²) in [5.41, 5.74) is -1.68. The number of benzene rings is 1. The van der Waals surface area contributed by atoms with Crippen molar-refractivity contribution in [1.82, 2.24) is 4.90 Å². The van der Waals surface area contributed by atoms with Gasteiger partial charge in [0.25, 0.3) is 0 Å². The van der Waals surface area contributed by atoms with Crippen LogP contribution in [0.4, 0.5) is 0 Å². The molecule has 5 aliphatic rings. The molecule has 3 aliphatic carbocycles. The van der Waals surface area contributed by atoms with Gasteiger partial charge in [-0.1, -0.05) is 6.07 Å². The first-order chi connectivity index (χ1) is 14.4. The molecule has 2 saturated carbocycles. The van der Waals surface area contributed by atoms with Gasteiger partial charge < -0.3 is 24.4 Å². The van der Waals surface area contributed by atoms with Crippen LogP contribution in [0.15, 0.2) is 12.1 Å². The lowest BCUT2D eigenvalue weighted by Gasteiger charge is -2.65. The highest BCUT2D eigenvalue weighted by molar-refractivity contribution is 5.82. The first-order valence-electron chi connectivity index (χ1n) is 11.0. The molecular weight excluding hydrogens is 386 g/mol. The van der Waals surface area contributed by atoms with Crippen LogP contribution in [-0.2, 0) is 21.4 Å². The molecule has 7 nitrogen and oxygen atoms in total. The van der Waals surface area contributed by atoms with E-state index in [4.69, 9.17) is 14.2 Å². The first kappa shape index (κ1) is 18.9. The van der Waals surface area contributed by atoms with E-state index in [1.54, 1.807) is 7.11 Å². The van der Waals surface area contributed by atoms with E-state index < -0.39 is 28.7 Å². The number of hydrogen-bond acceptors (Lipinski definition) is 7. The molecule has 162 valence electrons. The zero-order valence-electron chi connectivity index (χ0n) is 17.5. The summed E-state index contributed by atoms with van der Waals surface area (Å²) in [5, 5.41) is 23.9. The molecule has 2 N–H and O–H groups in total.